The lowest BCUT2D eigenvalue weighted by molar-refractivity contribution is 0.151. The van der Waals surface area contributed by atoms with Gasteiger partial charge in [-0.05, 0) is 39.3 Å². The van der Waals surface area contributed by atoms with Crippen LogP contribution in [-0.2, 0) is 0 Å². The Labute approximate surface area is 128 Å². The van der Waals surface area contributed by atoms with Crippen molar-refractivity contribution in [2.45, 2.75) is 46.2 Å². The van der Waals surface area contributed by atoms with Gasteiger partial charge in [0.15, 0.2) is 0 Å². The van der Waals surface area contributed by atoms with Crippen LogP contribution < -0.4 is 5.32 Å². The Morgan fingerprint density at radius 1 is 1.14 bits per heavy atom. The van der Waals surface area contributed by atoms with E-state index in [1.165, 1.54) is 6.07 Å². The molecule has 0 radical (unpaired) electrons. The van der Waals surface area contributed by atoms with Gasteiger partial charge in [0.25, 0.3) is 6.43 Å². The zero-order valence-electron chi connectivity index (χ0n) is 12.7. The van der Waals surface area contributed by atoms with Crippen molar-refractivity contribution in [2.24, 2.45) is 0 Å². The number of hydrogen-bond donors (Lipinski definition) is 1. The Morgan fingerprint density at radius 3 is 2.33 bits per heavy atom. The van der Waals surface area contributed by atoms with Crippen molar-refractivity contribution in [1.29, 1.82) is 0 Å². The molecule has 1 aromatic carbocycles. The average molecular weight is 310 g/mol. The van der Waals surface area contributed by atoms with Crippen LogP contribution >= 0.6 is 11.3 Å². The largest absolute Gasteiger partial charge is 0.302 e. The first kappa shape index (κ1) is 16.0. The summed E-state index contributed by atoms with van der Waals surface area (Å²) in [5, 5.41) is 4.34. The molecule has 0 aliphatic rings. The highest BCUT2D eigenvalue weighted by Gasteiger charge is 2.20. The molecule has 1 N–H and O–H groups in total. The van der Waals surface area contributed by atoms with Crippen LogP contribution in [0.3, 0.4) is 0 Å². The summed E-state index contributed by atoms with van der Waals surface area (Å²) in [5.74, 6) is 0. The number of nitrogens with zero attached hydrogens (tertiary/aromatic N) is 1. The van der Waals surface area contributed by atoms with E-state index in [1.807, 2.05) is 33.8 Å². The zero-order valence-corrected chi connectivity index (χ0v) is 13.5. The maximum absolute atomic E-state index is 12.9. The molecular weight excluding hydrogens is 290 g/mol. The summed E-state index contributed by atoms with van der Waals surface area (Å²) in [7, 11) is 0. The third kappa shape index (κ3) is 3.86. The molecule has 0 spiro atoms. The summed E-state index contributed by atoms with van der Waals surface area (Å²) in [6.07, 6.45) is -2.45. The third-order valence-corrected chi connectivity index (χ3v) is 4.43. The van der Waals surface area contributed by atoms with Crippen LogP contribution in [0.5, 0.6) is 0 Å². The number of aromatic nitrogens is 1. The minimum absolute atomic E-state index is 0.0491. The number of benzene rings is 1. The Balaban J connectivity index is 2.42. The van der Waals surface area contributed by atoms with Crippen LogP contribution in [0.15, 0.2) is 24.3 Å². The highest BCUT2D eigenvalue weighted by molar-refractivity contribution is 7.11. The molecule has 1 heterocycles. The first-order chi connectivity index (χ1) is 9.88. The molecule has 5 heteroatoms. The molecule has 21 heavy (non-hydrogen) atoms. The molecule has 1 unspecified atom stereocenters. The van der Waals surface area contributed by atoms with E-state index >= 15 is 0 Å². The second-order valence-corrected chi connectivity index (χ2v) is 6.65. The van der Waals surface area contributed by atoms with Gasteiger partial charge in [0.2, 0.25) is 0 Å². The second-order valence-electron chi connectivity index (χ2n) is 5.42. The number of halogens is 2. The van der Waals surface area contributed by atoms with E-state index in [0.29, 0.717) is 0 Å². The molecule has 2 rings (SSSR count). The molecule has 0 fully saturated rings. The fraction of sp³-hybridized carbons (Fsp3) is 0.438. The van der Waals surface area contributed by atoms with Gasteiger partial charge >= 0.3 is 0 Å². The number of rotatable bonds is 5. The molecule has 114 valence electrons. The molecule has 0 aliphatic carbocycles. The lowest BCUT2D eigenvalue weighted by Gasteiger charge is -2.20. The molecule has 0 saturated heterocycles. The van der Waals surface area contributed by atoms with Crippen molar-refractivity contribution in [3.05, 3.63) is 51.0 Å². The summed E-state index contributed by atoms with van der Waals surface area (Å²) in [5.41, 5.74) is 1.87. The third-order valence-electron chi connectivity index (χ3n) is 3.29. The number of aryl methyl sites for hydroxylation is 2. The SMILES string of the molecule is Cc1nc(C(NC(C)C)c2cccc(C(F)F)c2)sc1C. The van der Waals surface area contributed by atoms with Crippen LogP contribution in [0.25, 0.3) is 0 Å². The van der Waals surface area contributed by atoms with Gasteiger partial charge < -0.3 is 5.32 Å². The number of thiazole rings is 1. The summed E-state index contributed by atoms with van der Waals surface area (Å²) < 4.78 is 25.8. The van der Waals surface area contributed by atoms with Gasteiger partial charge in [-0.15, -0.1) is 11.3 Å². The second kappa shape index (κ2) is 6.62. The quantitative estimate of drug-likeness (QED) is 0.859. The van der Waals surface area contributed by atoms with Crippen LogP contribution in [-0.4, -0.2) is 11.0 Å². The van der Waals surface area contributed by atoms with Crippen LogP contribution in [0.4, 0.5) is 8.78 Å². The zero-order chi connectivity index (χ0) is 15.6. The van der Waals surface area contributed by atoms with E-state index < -0.39 is 6.43 Å². The topological polar surface area (TPSA) is 24.9 Å². The van der Waals surface area contributed by atoms with Gasteiger partial charge in [-0.25, -0.2) is 13.8 Å². The van der Waals surface area contributed by atoms with Crippen LogP contribution in [0.1, 0.15) is 53.0 Å². The molecule has 0 saturated carbocycles. The fourth-order valence-electron chi connectivity index (χ4n) is 2.14. The molecule has 2 nitrogen and oxygen atoms in total. The molecular formula is C16H20F2N2S. The summed E-state index contributed by atoms with van der Waals surface area (Å²) in [6.45, 7) is 8.07. The van der Waals surface area contributed by atoms with Crippen molar-refractivity contribution in [3.63, 3.8) is 0 Å². The van der Waals surface area contributed by atoms with E-state index in [1.54, 1.807) is 23.5 Å². The predicted molar refractivity (Wildman–Crippen MR) is 83.1 cm³/mol. The first-order valence-corrected chi connectivity index (χ1v) is 7.78. The monoisotopic (exact) mass is 310 g/mol. The van der Waals surface area contributed by atoms with Crippen molar-refractivity contribution >= 4 is 11.3 Å². The normalized spacial score (nSPS) is 13.1. The maximum atomic E-state index is 12.9. The fourth-order valence-corrected chi connectivity index (χ4v) is 3.15. The van der Waals surface area contributed by atoms with Crippen molar-refractivity contribution < 1.29 is 8.78 Å². The van der Waals surface area contributed by atoms with Gasteiger partial charge in [0, 0.05) is 16.5 Å². The molecule has 0 aliphatic heterocycles. The Hall–Kier alpha value is -1.33. The first-order valence-electron chi connectivity index (χ1n) is 6.96. The van der Waals surface area contributed by atoms with E-state index in [0.717, 1.165) is 21.1 Å². The van der Waals surface area contributed by atoms with Crippen molar-refractivity contribution in [2.75, 3.05) is 0 Å². The van der Waals surface area contributed by atoms with Crippen LogP contribution in [0.2, 0.25) is 0 Å². The van der Waals surface area contributed by atoms with E-state index in [4.69, 9.17) is 0 Å². The van der Waals surface area contributed by atoms with Crippen LogP contribution in [0, 0.1) is 13.8 Å². The highest BCUT2D eigenvalue weighted by atomic mass is 32.1. The van der Waals surface area contributed by atoms with Gasteiger partial charge in [-0.1, -0.05) is 18.2 Å². The molecule has 0 bridgehead atoms. The molecule has 0 amide bonds. The van der Waals surface area contributed by atoms with Gasteiger partial charge in [-0.2, -0.15) is 0 Å². The number of nitrogens with one attached hydrogen (secondary N) is 1. The number of hydrogen-bond acceptors (Lipinski definition) is 3. The summed E-state index contributed by atoms with van der Waals surface area (Å²) in [4.78, 5) is 5.74. The smallest absolute Gasteiger partial charge is 0.263 e. The number of alkyl halides is 2. The maximum Gasteiger partial charge on any atom is 0.263 e. The molecule has 2 aromatic rings. The average Bonchev–Trinajstić information content (AvgIpc) is 2.75. The van der Waals surface area contributed by atoms with Crippen molar-refractivity contribution in [1.82, 2.24) is 10.3 Å². The van der Waals surface area contributed by atoms with Gasteiger partial charge in [0.1, 0.15) is 5.01 Å². The Bertz CT molecular complexity index is 589. The van der Waals surface area contributed by atoms with E-state index in [-0.39, 0.29) is 17.6 Å². The highest BCUT2D eigenvalue weighted by Crippen LogP contribution is 2.30. The van der Waals surface area contributed by atoms with Gasteiger partial charge in [-0.3, -0.25) is 0 Å². The lowest BCUT2D eigenvalue weighted by atomic mass is 10.0. The summed E-state index contributed by atoms with van der Waals surface area (Å²) in [6, 6.07) is 6.66. The minimum atomic E-state index is -2.45. The molecule has 1 aromatic heterocycles. The van der Waals surface area contributed by atoms with E-state index in [2.05, 4.69) is 10.3 Å². The lowest BCUT2D eigenvalue weighted by Crippen LogP contribution is -2.29. The Kier molecular flexibility index (Phi) is 5.06. The standard InChI is InChI=1S/C16H20F2N2S/c1-9(2)19-14(16-20-10(3)11(4)21-16)12-6-5-7-13(8-12)15(17)18/h5-9,14-15,19H,1-4H3. The Morgan fingerprint density at radius 2 is 1.81 bits per heavy atom. The van der Waals surface area contributed by atoms with E-state index in [9.17, 15) is 8.78 Å². The summed E-state index contributed by atoms with van der Waals surface area (Å²) >= 11 is 1.61. The van der Waals surface area contributed by atoms with Crippen molar-refractivity contribution in [3.8, 4) is 0 Å². The predicted octanol–water partition coefficient (Wildman–Crippen LogP) is 4.78. The van der Waals surface area contributed by atoms with Gasteiger partial charge in [0.05, 0.1) is 11.7 Å². The molecule has 1 atom stereocenters. The minimum Gasteiger partial charge on any atom is -0.302 e.